The maximum atomic E-state index is 5.86. The van der Waals surface area contributed by atoms with Gasteiger partial charge in [0, 0.05) is 25.1 Å². The Balaban J connectivity index is 1.64. The molecule has 0 radical (unpaired) electrons. The summed E-state index contributed by atoms with van der Waals surface area (Å²) in [5.74, 6) is 1.97. The third-order valence-corrected chi connectivity index (χ3v) is 4.25. The largest absolute Gasteiger partial charge is 0.481 e. The minimum atomic E-state index is 0.186. The number of hydrogen-bond donors (Lipinski definition) is 1. The summed E-state index contributed by atoms with van der Waals surface area (Å²) in [7, 11) is 1.60. The Hall–Kier alpha value is -1.95. The zero-order valence-corrected chi connectivity index (χ0v) is 12.2. The molecule has 2 aromatic heterocycles. The Kier molecular flexibility index (Phi) is 3.88. The highest BCUT2D eigenvalue weighted by Crippen LogP contribution is 2.42. The van der Waals surface area contributed by atoms with Gasteiger partial charge in [0.05, 0.1) is 7.11 Å². The summed E-state index contributed by atoms with van der Waals surface area (Å²) in [4.78, 5) is 8.64. The van der Waals surface area contributed by atoms with E-state index in [1.54, 1.807) is 13.3 Å². The van der Waals surface area contributed by atoms with Crippen molar-refractivity contribution in [2.24, 2.45) is 11.1 Å². The van der Waals surface area contributed by atoms with Crippen molar-refractivity contribution in [1.82, 2.24) is 15.1 Å². The van der Waals surface area contributed by atoms with Crippen molar-refractivity contribution in [2.45, 2.75) is 32.1 Å². The van der Waals surface area contributed by atoms with Crippen LogP contribution in [0.5, 0.6) is 5.88 Å². The van der Waals surface area contributed by atoms with Crippen molar-refractivity contribution in [3.05, 3.63) is 35.6 Å². The first-order valence-corrected chi connectivity index (χ1v) is 7.23. The Morgan fingerprint density at radius 1 is 1.38 bits per heavy atom. The first-order valence-electron chi connectivity index (χ1n) is 7.23. The van der Waals surface area contributed by atoms with E-state index in [0.29, 0.717) is 30.6 Å². The lowest BCUT2D eigenvalue weighted by atomic mass is 9.67. The second-order valence-electron chi connectivity index (χ2n) is 5.72. The number of nitrogens with zero attached hydrogens (tertiary/aromatic N) is 3. The molecule has 2 N–H and O–H groups in total. The SMILES string of the molecule is COc1ccc(Cc2noc(CC3(CN)CCC3)n2)cn1. The molecular formula is C15H20N4O2. The first-order chi connectivity index (χ1) is 10.2. The third kappa shape index (κ3) is 3.05. The highest BCUT2D eigenvalue weighted by molar-refractivity contribution is 5.20. The highest BCUT2D eigenvalue weighted by atomic mass is 16.5. The van der Waals surface area contributed by atoms with Crippen LogP contribution in [0.25, 0.3) is 0 Å². The summed E-state index contributed by atoms with van der Waals surface area (Å²) in [5.41, 5.74) is 7.08. The normalized spacial score (nSPS) is 16.5. The van der Waals surface area contributed by atoms with Gasteiger partial charge in [-0.1, -0.05) is 17.6 Å². The van der Waals surface area contributed by atoms with E-state index >= 15 is 0 Å². The van der Waals surface area contributed by atoms with Crippen molar-refractivity contribution in [3.8, 4) is 5.88 Å². The average molecular weight is 288 g/mol. The van der Waals surface area contributed by atoms with Crippen LogP contribution in [0.15, 0.2) is 22.9 Å². The Bertz CT molecular complexity index is 584. The zero-order valence-electron chi connectivity index (χ0n) is 12.2. The molecule has 0 saturated heterocycles. The quantitative estimate of drug-likeness (QED) is 0.871. The molecule has 0 bridgehead atoms. The minimum absolute atomic E-state index is 0.186. The molecule has 6 nitrogen and oxygen atoms in total. The Morgan fingerprint density at radius 3 is 2.81 bits per heavy atom. The maximum Gasteiger partial charge on any atom is 0.227 e. The smallest absolute Gasteiger partial charge is 0.227 e. The van der Waals surface area contributed by atoms with Crippen LogP contribution in [0.1, 0.15) is 36.5 Å². The molecule has 0 atom stereocenters. The topological polar surface area (TPSA) is 87.1 Å². The van der Waals surface area contributed by atoms with Crippen LogP contribution in [0.2, 0.25) is 0 Å². The first kappa shape index (κ1) is 14.0. The van der Waals surface area contributed by atoms with Crippen molar-refractivity contribution in [1.29, 1.82) is 0 Å². The molecular weight excluding hydrogens is 268 g/mol. The molecule has 1 saturated carbocycles. The van der Waals surface area contributed by atoms with Gasteiger partial charge in [-0.25, -0.2) is 4.98 Å². The molecule has 0 aliphatic heterocycles. The Labute approximate surface area is 123 Å². The van der Waals surface area contributed by atoms with Crippen LogP contribution < -0.4 is 10.5 Å². The molecule has 2 heterocycles. The van der Waals surface area contributed by atoms with E-state index in [2.05, 4.69) is 15.1 Å². The van der Waals surface area contributed by atoms with Crippen LogP contribution in [-0.4, -0.2) is 28.8 Å². The molecule has 0 unspecified atom stereocenters. The van der Waals surface area contributed by atoms with Gasteiger partial charge >= 0.3 is 0 Å². The van der Waals surface area contributed by atoms with Gasteiger partial charge in [-0.15, -0.1) is 0 Å². The lowest BCUT2D eigenvalue weighted by Gasteiger charge is -2.39. The summed E-state index contributed by atoms with van der Waals surface area (Å²) >= 11 is 0. The van der Waals surface area contributed by atoms with E-state index in [1.807, 2.05) is 12.1 Å². The van der Waals surface area contributed by atoms with E-state index in [-0.39, 0.29) is 5.41 Å². The van der Waals surface area contributed by atoms with E-state index in [9.17, 15) is 0 Å². The van der Waals surface area contributed by atoms with Gasteiger partial charge < -0.3 is 15.0 Å². The number of aromatic nitrogens is 3. The van der Waals surface area contributed by atoms with Crippen molar-refractivity contribution < 1.29 is 9.26 Å². The monoisotopic (exact) mass is 288 g/mol. The lowest BCUT2D eigenvalue weighted by Crippen LogP contribution is -2.39. The fourth-order valence-electron chi connectivity index (χ4n) is 2.70. The van der Waals surface area contributed by atoms with Crippen molar-refractivity contribution in [2.75, 3.05) is 13.7 Å². The molecule has 1 aliphatic carbocycles. The van der Waals surface area contributed by atoms with Gasteiger partial charge in [0.2, 0.25) is 11.8 Å². The average Bonchev–Trinajstić information content (AvgIpc) is 2.91. The minimum Gasteiger partial charge on any atom is -0.481 e. The maximum absolute atomic E-state index is 5.86. The molecule has 21 heavy (non-hydrogen) atoms. The van der Waals surface area contributed by atoms with E-state index < -0.39 is 0 Å². The van der Waals surface area contributed by atoms with Crippen LogP contribution >= 0.6 is 0 Å². The lowest BCUT2D eigenvalue weighted by molar-refractivity contribution is 0.129. The number of hydrogen-bond acceptors (Lipinski definition) is 6. The fraction of sp³-hybridized carbons (Fsp3) is 0.533. The summed E-state index contributed by atoms with van der Waals surface area (Å²) in [6, 6.07) is 3.78. The molecule has 0 amide bonds. The van der Waals surface area contributed by atoms with Gasteiger partial charge in [-0.2, -0.15) is 4.98 Å². The molecule has 3 rings (SSSR count). The second kappa shape index (κ2) is 5.81. The number of nitrogens with two attached hydrogens (primary N) is 1. The molecule has 6 heteroatoms. The van der Waals surface area contributed by atoms with E-state index in [0.717, 1.165) is 24.8 Å². The van der Waals surface area contributed by atoms with Crippen LogP contribution in [0.4, 0.5) is 0 Å². The molecule has 1 aliphatic rings. The summed E-state index contributed by atoms with van der Waals surface area (Å²) in [6.07, 6.45) is 6.72. The summed E-state index contributed by atoms with van der Waals surface area (Å²) in [6.45, 7) is 0.688. The van der Waals surface area contributed by atoms with Crippen LogP contribution in [-0.2, 0) is 12.8 Å². The fourth-order valence-corrected chi connectivity index (χ4v) is 2.70. The summed E-state index contributed by atoms with van der Waals surface area (Å²) in [5, 5.41) is 4.04. The van der Waals surface area contributed by atoms with Gasteiger partial charge in [0.25, 0.3) is 0 Å². The molecule has 0 aromatic carbocycles. The van der Waals surface area contributed by atoms with E-state index in [4.69, 9.17) is 15.0 Å². The zero-order chi connectivity index (χ0) is 14.7. The molecule has 1 fully saturated rings. The van der Waals surface area contributed by atoms with Crippen molar-refractivity contribution >= 4 is 0 Å². The second-order valence-corrected chi connectivity index (χ2v) is 5.72. The summed E-state index contributed by atoms with van der Waals surface area (Å²) < 4.78 is 10.4. The predicted octanol–water partition coefficient (Wildman–Crippen LogP) is 1.74. The predicted molar refractivity (Wildman–Crippen MR) is 76.9 cm³/mol. The van der Waals surface area contributed by atoms with Crippen molar-refractivity contribution in [3.63, 3.8) is 0 Å². The van der Waals surface area contributed by atoms with E-state index in [1.165, 1.54) is 6.42 Å². The molecule has 112 valence electrons. The van der Waals surface area contributed by atoms with Gasteiger partial charge in [-0.05, 0) is 30.4 Å². The standard InChI is InChI=1S/C15H20N4O2/c1-20-13-4-3-11(9-17-13)7-12-18-14(21-19-12)8-15(10-16)5-2-6-15/h3-4,9H,2,5-8,10,16H2,1H3. The third-order valence-electron chi connectivity index (χ3n) is 4.25. The molecule has 2 aromatic rings. The van der Waals surface area contributed by atoms with Crippen LogP contribution in [0.3, 0.4) is 0 Å². The van der Waals surface area contributed by atoms with Gasteiger partial charge in [0.15, 0.2) is 5.82 Å². The number of methoxy groups -OCH3 is 1. The number of pyridine rings is 1. The van der Waals surface area contributed by atoms with Gasteiger partial charge in [-0.3, -0.25) is 0 Å². The molecule has 0 spiro atoms. The van der Waals surface area contributed by atoms with Gasteiger partial charge in [0.1, 0.15) is 0 Å². The number of rotatable bonds is 6. The highest BCUT2D eigenvalue weighted by Gasteiger charge is 2.37. The van der Waals surface area contributed by atoms with Crippen LogP contribution in [0, 0.1) is 5.41 Å². The number of ether oxygens (including phenoxy) is 1. The Morgan fingerprint density at radius 2 is 2.24 bits per heavy atom.